The lowest BCUT2D eigenvalue weighted by molar-refractivity contribution is -0.146. The third-order valence-electron chi connectivity index (χ3n) is 8.96. The van der Waals surface area contributed by atoms with Crippen LogP contribution >= 0.6 is 0 Å². The van der Waals surface area contributed by atoms with E-state index in [0.717, 1.165) is 68.1 Å². The van der Waals surface area contributed by atoms with Gasteiger partial charge in [-0.15, -0.1) is 0 Å². The molecule has 0 aromatic heterocycles. The van der Waals surface area contributed by atoms with E-state index >= 15 is 0 Å². The van der Waals surface area contributed by atoms with Crippen molar-refractivity contribution in [3.63, 3.8) is 0 Å². The van der Waals surface area contributed by atoms with E-state index in [9.17, 15) is 19.2 Å². The number of hydrogen-bond acceptors (Lipinski definition) is 9. The van der Waals surface area contributed by atoms with Crippen molar-refractivity contribution in [3.05, 3.63) is 34.9 Å². The van der Waals surface area contributed by atoms with Crippen LogP contribution in [0.5, 0.6) is 0 Å². The lowest BCUT2D eigenvalue weighted by Gasteiger charge is -2.14. The number of carbonyl (C=O) groups is 4. The first-order valence-electron chi connectivity index (χ1n) is 20.6. The van der Waals surface area contributed by atoms with Crippen molar-refractivity contribution < 1.29 is 38.1 Å². The predicted molar refractivity (Wildman–Crippen MR) is 207 cm³/mol. The Hall–Kier alpha value is -2.94. The zero-order chi connectivity index (χ0) is 38.1. The molecule has 0 atom stereocenters. The second-order valence-electron chi connectivity index (χ2n) is 14.5. The van der Waals surface area contributed by atoms with E-state index in [2.05, 4.69) is 18.7 Å². The molecule has 52 heavy (non-hydrogen) atoms. The van der Waals surface area contributed by atoms with E-state index in [1.807, 2.05) is 32.3 Å². The van der Waals surface area contributed by atoms with E-state index in [-0.39, 0.29) is 37.1 Å². The fraction of sp³-hybridized carbons (Fsp3) is 0.767. The van der Waals surface area contributed by atoms with Crippen LogP contribution in [0.1, 0.15) is 185 Å². The molecule has 0 unspecified atom stereocenters. The molecule has 0 saturated carbocycles. The summed E-state index contributed by atoms with van der Waals surface area (Å²) in [6.07, 6.45) is 22.5. The third-order valence-corrected chi connectivity index (χ3v) is 8.96. The number of ether oxygens (including phenoxy) is 4. The Morgan fingerprint density at radius 3 is 1.10 bits per heavy atom. The average Bonchev–Trinajstić information content (AvgIpc) is 3.11. The third kappa shape index (κ3) is 28.6. The van der Waals surface area contributed by atoms with Crippen LogP contribution in [0.15, 0.2) is 18.2 Å². The van der Waals surface area contributed by atoms with Crippen LogP contribution < -0.4 is 0 Å². The van der Waals surface area contributed by atoms with Crippen molar-refractivity contribution in [2.24, 2.45) is 0 Å². The van der Waals surface area contributed by atoms with Gasteiger partial charge in [-0.3, -0.25) is 19.2 Å². The minimum Gasteiger partial charge on any atom is -0.466 e. The van der Waals surface area contributed by atoms with E-state index < -0.39 is 0 Å². The van der Waals surface area contributed by atoms with Gasteiger partial charge < -0.3 is 23.8 Å². The fourth-order valence-corrected chi connectivity index (χ4v) is 6.00. The van der Waals surface area contributed by atoms with Gasteiger partial charge in [0.15, 0.2) is 0 Å². The molecule has 9 heteroatoms. The minimum absolute atomic E-state index is 0.126. The molecule has 0 aliphatic carbocycles. The summed E-state index contributed by atoms with van der Waals surface area (Å²) in [5, 5.41) is 0. The Labute approximate surface area is 316 Å². The Bertz CT molecular complexity index is 1010. The molecule has 9 nitrogen and oxygen atoms in total. The summed E-state index contributed by atoms with van der Waals surface area (Å²) in [5.41, 5.74) is 2.76. The Morgan fingerprint density at radius 1 is 0.423 bits per heavy atom. The number of nitrogens with zero attached hydrogens (tertiary/aromatic N) is 1. The van der Waals surface area contributed by atoms with Crippen molar-refractivity contribution in [2.45, 2.75) is 188 Å². The Kier molecular flexibility index (Phi) is 29.6. The maximum Gasteiger partial charge on any atom is 0.306 e. The number of esters is 4. The van der Waals surface area contributed by atoms with Gasteiger partial charge in [0.25, 0.3) is 0 Å². The SMILES string of the molecule is CCCCCCCCCC(=O)OCCCCCC(=O)OCc1cc(COC(=O)CCCCCOC(=O)CCCCCCCCC)cc(CN(C)C)c1. The van der Waals surface area contributed by atoms with Gasteiger partial charge >= 0.3 is 23.9 Å². The molecule has 1 aromatic carbocycles. The molecular weight excluding hydrogens is 658 g/mol. The van der Waals surface area contributed by atoms with Crippen LogP contribution in [-0.4, -0.2) is 56.1 Å². The van der Waals surface area contributed by atoms with Gasteiger partial charge in [-0.2, -0.15) is 0 Å². The van der Waals surface area contributed by atoms with Gasteiger partial charge in [0.2, 0.25) is 0 Å². The fourth-order valence-electron chi connectivity index (χ4n) is 6.00. The van der Waals surface area contributed by atoms with E-state index in [4.69, 9.17) is 18.9 Å². The lowest BCUT2D eigenvalue weighted by Crippen LogP contribution is -2.12. The van der Waals surface area contributed by atoms with Crippen LogP contribution in [-0.2, 0) is 57.9 Å². The van der Waals surface area contributed by atoms with Crippen LogP contribution in [0.3, 0.4) is 0 Å². The highest BCUT2D eigenvalue weighted by Crippen LogP contribution is 2.16. The van der Waals surface area contributed by atoms with Gasteiger partial charge in [0.1, 0.15) is 13.2 Å². The summed E-state index contributed by atoms with van der Waals surface area (Å²) in [5.74, 6) is -0.771. The van der Waals surface area contributed by atoms with Gasteiger partial charge in [-0.05, 0) is 88.2 Å². The Balaban J connectivity index is 2.25. The van der Waals surface area contributed by atoms with Gasteiger partial charge in [0, 0.05) is 32.2 Å². The summed E-state index contributed by atoms with van der Waals surface area (Å²) < 4.78 is 21.8. The van der Waals surface area contributed by atoms with Crippen LogP contribution in [0, 0.1) is 0 Å². The molecule has 298 valence electrons. The molecule has 0 amide bonds. The molecule has 0 saturated heterocycles. The highest BCUT2D eigenvalue weighted by atomic mass is 16.5. The average molecular weight is 732 g/mol. The largest absolute Gasteiger partial charge is 0.466 e. The number of hydrogen-bond donors (Lipinski definition) is 0. The standard InChI is InChI=1S/C43H73NO8/c1-5-7-9-11-13-15-19-25-40(45)49-29-23-17-21-27-42(47)51-35-38-31-37(34-44(3)4)32-39(33-38)36-52-43(48)28-22-18-24-30-50-41(46)26-20-16-14-12-10-8-6-2/h31-33H,5-30,34-36H2,1-4H3. The number of carbonyl (C=O) groups excluding carboxylic acids is 4. The molecule has 0 aliphatic rings. The molecule has 0 radical (unpaired) electrons. The normalized spacial score (nSPS) is 11.1. The van der Waals surface area contributed by atoms with Crippen molar-refractivity contribution in [3.8, 4) is 0 Å². The van der Waals surface area contributed by atoms with Crippen molar-refractivity contribution in [1.29, 1.82) is 0 Å². The second kappa shape index (κ2) is 32.7. The van der Waals surface area contributed by atoms with Crippen molar-refractivity contribution >= 4 is 23.9 Å². The van der Waals surface area contributed by atoms with Gasteiger partial charge in [0.05, 0.1) is 13.2 Å². The van der Waals surface area contributed by atoms with E-state index in [1.54, 1.807) is 0 Å². The Morgan fingerprint density at radius 2 is 0.731 bits per heavy atom. The zero-order valence-corrected chi connectivity index (χ0v) is 33.5. The molecule has 0 bridgehead atoms. The summed E-state index contributed by atoms with van der Waals surface area (Å²) in [4.78, 5) is 50.8. The molecule has 0 heterocycles. The summed E-state index contributed by atoms with van der Waals surface area (Å²) >= 11 is 0. The number of benzene rings is 1. The quantitative estimate of drug-likeness (QED) is 0.0389. The van der Waals surface area contributed by atoms with Crippen LogP contribution in [0.4, 0.5) is 0 Å². The van der Waals surface area contributed by atoms with Crippen molar-refractivity contribution in [1.82, 2.24) is 4.90 Å². The molecule has 1 aromatic rings. The molecule has 0 aliphatic heterocycles. The van der Waals surface area contributed by atoms with Crippen molar-refractivity contribution in [2.75, 3.05) is 27.3 Å². The topological polar surface area (TPSA) is 108 Å². The molecule has 0 spiro atoms. The predicted octanol–water partition coefficient (Wildman–Crippen LogP) is 10.3. The first-order valence-corrected chi connectivity index (χ1v) is 20.6. The summed E-state index contributed by atoms with van der Waals surface area (Å²) in [6.45, 7) is 6.22. The first kappa shape index (κ1) is 47.1. The maximum absolute atomic E-state index is 12.4. The zero-order valence-electron chi connectivity index (χ0n) is 33.5. The molecule has 0 fully saturated rings. The number of rotatable bonds is 34. The highest BCUT2D eigenvalue weighted by Gasteiger charge is 2.10. The molecule has 1 rings (SSSR count). The van der Waals surface area contributed by atoms with Gasteiger partial charge in [-0.1, -0.05) is 103 Å². The van der Waals surface area contributed by atoms with Crippen LogP contribution in [0.25, 0.3) is 0 Å². The maximum atomic E-state index is 12.4. The smallest absolute Gasteiger partial charge is 0.306 e. The second-order valence-corrected chi connectivity index (χ2v) is 14.5. The highest BCUT2D eigenvalue weighted by molar-refractivity contribution is 5.70. The van der Waals surface area contributed by atoms with E-state index in [0.29, 0.717) is 58.3 Å². The number of unbranched alkanes of at least 4 members (excludes halogenated alkanes) is 16. The first-order chi connectivity index (χ1) is 25.2. The van der Waals surface area contributed by atoms with Gasteiger partial charge in [-0.25, -0.2) is 0 Å². The summed E-state index contributed by atoms with van der Waals surface area (Å²) in [7, 11) is 3.97. The monoisotopic (exact) mass is 732 g/mol. The minimum atomic E-state index is -0.259. The lowest BCUT2D eigenvalue weighted by atomic mass is 10.1. The van der Waals surface area contributed by atoms with E-state index in [1.165, 1.54) is 64.2 Å². The van der Waals surface area contributed by atoms with Crippen LogP contribution in [0.2, 0.25) is 0 Å². The summed E-state index contributed by atoms with van der Waals surface area (Å²) in [6, 6.07) is 5.95. The molecule has 0 N–H and O–H groups in total. The molecular formula is C43H73NO8.